The third-order valence-corrected chi connectivity index (χ3v) is 6.40. The minimum Gasteiger partial charge on any atom is -0.407 e. The topological polar surface area (TPSA) is 102 Å². The van der Waals surface area contributed by atoms with Crippen molar-refractivity contribution in [1.82, 2.24) is 10.2 Å². The molecule has 1 amide bonds. The van der Waals surface area contributed by atoms with Crippen molar-refractivity contribution in [2.75, 3.05) is 5.32 Å². The van der Waals surface area contributed by atoms with Gasteiger partial charge < -0.3 is 4.42 Å². The number of hydrogen-bond donors (Lipinski definition) is 1. The van der Waals surface area contributed by atoms with Crippen LogP contribution in [0.3, 0.4) is 0 Å². The maximum Gasteiger partial charge on any atom is 0.322 e. The van der Waals surface area contributed by atoms with Gasteiger partial charge in [-0.2, -0.15) is 0 Å². The summed E-state index contributed by atoms with van der Waals surface area (Å²) in [5, 5.41) is 9.76. The monoisotopic (exact) mass is 399 g/mol. The van der Waals surface area contributed by atoms with Gasteiger partial charge in [-0.05, 0) is 50.6 Å². The molecule has 0 aliphatic heterocycles. The minimum atomic E-state index is -3.38. The lowest BCUT2D eigenvalue weighted by Crippen LogP contribution is -2.15. The number of aromatic nitrogens is 2. The highest BCUT2D eigenvalue weighted by molar-refractivity contribution is 7.92. The van der Waals surface area contributed by atoms with Gasteiger partial charge in [0.2, 0.25) is 5.89 Å². The molecule has 8 heteroatoms. The molecular formula is C20H21N3O4S. The quantitative estimate of drug-likeness (QED) is 0.681. The van der Waals surface area contributed by atoms with Crippen LogP contribution < -0.4 is 5.32 Å². The summed E-state index contributed by atoms with van der Waals surface area (Å²) >= 11 is 0. The van der Waals surface area contributed by atoms with E-state index in [0.29, 0.717) is 17.9 Å². The number of nitrogens with one attached hydrogen (secondary N) is 1. The summed E-state index contributed by atoms with van der Waals surface area (Å²) in [6.45, 7) is 5.23. The maximum atomic E-state index is 12.3. The molecule has 0 fully saturated rings. The molecular weight excluding hydrogens is 378 g/mol. The van der Waals surface area contributed by atoms with Crippen LogP contribution in [0.25, 0.3) is 0 Å². The first-order chi connectivity index (χ1) is 13.3. The second kappa shape index (κ2) is 7.93. The molecule has 1 heterocycles. The van der Waals surface area contributed by atoms with Crippen LogP contribution in [0.2, 0.25) is 0 Å². The molecule has 0 saturated carbocycles. The lowest BCUT2D eigenvalue weighted by molar-refractivity contribution is 0.102. The molecule has 28 heavy (non-hydrogen) atoms. The van der Waals surface area contributed by atoms with E-state index < -0.39 is 21.0 Å². The molecule has 0 aliphatic carbocycles. The van der Waals surface area contributed by atoms with E-state index in [-0.39, 0.29) is 10.9 Å². The van der Waals surface area contributed by atoms with Gasteiger partial charge in [-0.3, -0.25) is 10.1 Å². The van der Waals surface area contributed by atoms with Crippen molar-refractivity contribution in [3.63, 3.8) is 0 Å². The van der Waals surface area contributed by atoms with Crippen LogP contribution in [0, 0.1) is 6.92 Å². The van der Waals surface area contributed by atoms with Crippen molar-refractivity contribution in [3.05, 3.63) is 71.1 Å². The van der Waals surface area contributed by atoms with Crippen LogP contribution in [0.1, 0.15) is 41.2 Å². The van der Waals surface area contributed by atoms with Gasteiger partial charge in [-0.1, -0.05) is 34.9 Å². The Bertz CT molecular complexity index is 1070. The molecule has 3 rings (SSSR count). The molecule has 0 unspecified atom stereocenters. The number of carbonyl (C=O) groups excluding carboxylic acids is 1. The lowest BCUT2D eigenvalue weighted by atomic mass is 10.1. The van der Waals surface area contributed by atoms with E-state index in [9.17, 15) is 13.2 Å². The summed E-state index contributed by atoms with van der Waals surface area (Å²) in [5.74, 6) is -0.0726. The van der Waals surface area contributed by atoms with E-state index in [1.165, 1.54) is 24.3 Å². The molecule has 7 nitrogen and oxygen atoms in total. The Morgan fingerprint density at radius 1 is 1.04 bits per heavy atom. The van der Waals surface area contributed by atoms with Crippen LogP contribution in [0.5, 0.6) is 0 Å². The molecule has 0 saturated heterocycles. The first kappa shape index (κ1) is 19.8. The smallest absolute Gasteiger partial charge is 0.322 e. The van der Waals surface area contributed by atoms with Gasteiger partial charge >= 0.3 is 6.01 Å². The number of aryl methyl sites for hydroxylation is 1. The molecule has 0 spiro atoms. The number of anilines is 1. The number of sulfone groups is 1. The number of rotatable bonds is 6. The highest BCUT2D eigenvalue weighted by atomic mass is 32.2. The molecule has 2 aromatic carbocycles. The van der Waals surface area contributed by atoms with Crippen LogP contribution in [0.15, 0.2) is 57.8 Å². The van der Waals surface area contributed by atoms with Crippen LogP contribution >= 0.6 is 0 Å². The predicted molar refractivity (Wildman–Crippen MR) is 105 cm³/mol. The van der Waals surface area contributed by atoms with E-state index in [1.807, 2.05) is 31.2 Å². The summed E-state index contributed by atoms with van der Waals surface area (Å²) in [5.41, 5.74) is 2.48. The molecule has 0 bridgehead atoms. The van der Waals surface area contributed by atoms with Gasteiger partial charge in [0.05, 0.1) is 16.6 Å². The molecule has 0 radical (unpaired) electrons. The van der Waals surface area contributed by atoms with E-state index in [0.717, 1.165) is 11.1 Å². The first-order valence-electron chi connectivity index (χ1n) is 8.79. The van der Waals surface area contributed by atoms with Gasteiger partial charge in [-0.15, -0.1) is 5.10 Å². The van der Waals surface area contributed by atoms with Crippen molar-refractivity contribution >= 4 is 21.8 Å². The summed E-state index contributed by atoms with van der Waals surface area (Å²) in [6.07, 6.45) is 0.463. The van der Waals surface area contributed by atoms with Gasteiger partial charge in [-0.25, -0.2) is 8.42 Å². The first-order valence-corrected chi connectivity index (χ1v) is 10.3. The van der Waals surface area contributed by atoms with Crippen LogP contribution in [0.4, 0.5) is 6.01 Å². The van der Waals surface area contributed by atoms with E-state index in [2.05, 4.69) is 15.5 Å². The molecule has 0 aliphatic rings. The zero-order chi connectivity index (χ0) is 20.3. The van der Waals surface area contributed by atoms with Gasteiger partial charge in [0.1, 0.15) is 0 Å². The number of carbonyl (C=O) groups is 1. The third kappa shape index (κ3) is 4.45. The number of amides is 1. The lowest BCUT2D eigenvalue weighted by Gasteiger charge is -2.08. The number of nitrogens with zero attached hydrogens (tertiary/aromatic N) is 2. The Morgan fingerprint density at radius 2 is 1.68 bits per heavy atom. The fourth-order valence-corrected chi connectivity index (χ4v) is 3.55. The largest absolute Gasteiger partial charge is 0.407 e. The Balaban J connectivity index is 1.66. The normalized spacial score (nSPS) is 11.6. The Labute approximate surface area is 163 Å². The molecule has 1 aromatic heterocycles. The van der Waals surface area contributed by atoms with E-state index in [1.54, 1.807) is 13.8 Å². The zero-order valence-electron chi connectivity index (χ0n) is 15.8. The average Bonchev–Trinajstić information content (AvgIpc) is 3.10. The van der Waals surface area contributed by atoms with Gasteiger partial charge in [0.15, 0.2) is 9.84 Å². The molecule has 3 aromatic rings. The average molecular weight is 399 g/mol. The summed E-state index contributed by atoms with van der Waals surface area (Å²) < 4.78 is 29.8. The number of benzene rings is 2. The molecule has 146 valence electrons. The highest BCUT2D eigenvalue weighted by Gasteiger charge is 2.19. The number of hydrogen-bond acceptors (Lipinski definition) is 6. The standard InChI is InChI=1S/C20H21N3O4S/c1-13(2)28(25,26)17-10-8-16(9-11-17)19(24)21-20-23-22-18(27-20)12-15-6-4-14(3)5-7-15/h4-11,13H,12H2,1-3H3,(H,21,23,24). The van der Waals surface area contributed by atoms with Crippen molar-refractivity contribution in [1.29, 1.82) is 0 Å². The van der Waals surface area contributed by atoms with Gasteiger partial charge in [0.25, 0.3) is 5.91 Å². The second-order valence-corrected chi connectivity index (χ2v) is 9.24. The SMILES string of the molecule is Cc1ccc(Cc2nnc(NC(=O)c3ccc(S(=O)(=O)C(C)C)cc3)o2)cc1. The highest BCUT2D eigenvalue weighted by Crippen LogP contribution is 2.18. The van der Waals surface area contributed by atoms with Crippen molar-refractivity contribution in [2.24, 2.45) is 0 Å². The summed E-state index contributed by atoms with van der Waals surface area (Å²) in [7, 11) is -3.38. The van der Waals surface area contributed by atoms with Crippen LogP contribution in [-0.2, 0) is 16.3 Å². The van der Waals surface area contributed by atoms with Crippen molar-refractivity contribution < 1.29 is 17.6 Å². The molecule has 1 N–H and O–H groups in total. The van der Waals surface area contributed by atoms with Crippen molar-refractivity contribution in [2.45, 2.75) is 37.3 Å². The van der Waals surface area contributed by atoms with E-state index >= 15 is 0 Å². The maximum absolute atomic E-state index is 12.3. The van der Waals surface area contributed by atoms with Gasteiger partial charge in [0, 0.05) is 5.56 Å². The Hall–Kier alpha value is -3.00. The zero-order valence-corrected chi connectivity index (χ0v) is 16.7. The summed E-state index contributed by atoms with van der Waals surface area (Å²) in [4.78, 5) is 12.5. The van der Waals surface area contributed by atoms with E-state index in [4.69, 9.17) is 4.42 Å². The Morgan fingerprint density at radius 3 is 2.29 bits per heavy atom. The minimum absolute atomic E-state index is 0.00834. The second-order valence-electron chi connectivity index (χ2n) is 6.74. The van der Waals surface area contributed by atoms with Crippen molar-refractivity contribution in [3.8, 4) is 0 Å². The summed E-state index contributed by atoms with van der Waals surface area (Å²) in [6, 6.07) is 13.7. The molecule has 0 atom stereocenters. The fraction of sp³-hybridized carbons (Fsp3) is 0.250. The third-order valence-electron chi connectivity index (χ3n) is 4.23. The predicted octanol–water partition coefficient (Wildman–Crippen LogP) is 3.40. The fourth-order valence-electron chi connectivity index (χ4n) is 2.49. The van der Waals surface area contributed by atoms with Crippen LogP contribution in [-0.4, -0.2) is 29.8 Å². The Kier molecular flexibility index (Phi) is 5.60.